The molecule has 19 heavy (non-hydrogen) atoms. The molecule has 0 atom stereocenters. The lowest BCUT2D eigenvalue weighted by molar-refractivity contribution is 0.768. The maximum atomic E-state index is 5.84. The fourth-order valence-corrected chi connectivity index (χ4v) is 2.37. The van der Waals surface area contributed by atoms with Crippen molar-refractivity contribution in [1.29, 1.82) is 0 Å². The maximum Gasteiger partial charge on any atom is 0.107 e. The zero-order valence-corrected chi connectivity index (χ0v) is 12.2. The number of nitrogens with zero attached hydrogens (tertiary/aromatic N) is 2. The van der Waals surface area contributed by atoms with E-state index in [4.69, 9.17) is 18.0 Å². The van der Waals surface area contributed by atoms with Crippen LogP contribution in [0.15, 0.2) is 30.5 Å². The highest BCUT2D eigenvalue weighted by Crippen LogP contribution is 2.29. The van der Waals surface area contributed by atoms with Crippen molar-refractivity contribution in [2.45, 2.75) is 19.8 Å². The summed E-state index contributed by atoms with van der Waals surface area (Å²) in [4.78, 5) is 7.06. The van der Waals surface area contributed by atoms with Crippen molar-refractivity contribution >= 4 is 33.8 Å². The van der Waals surface area contributed by atoms with Gasteiger partial charge >= 0.3 is 0 Å². The molecular formula is C15H19N3S. The Hall–Kier alpha value is -1.68. The molecule has 0 bridgehead atoms. The molecule has 0 aliphatic rings. The van der Waals surface area contributed by atoms with Gasteiger partial charge in [-0.1, -0.05) is 43.8 Å². The molecule has 0 saturated carbocycles. The monoisotopic (exact) mass is 273 g/mol. The van der Waals surface area contributed by atoms with E-state index >= 15 is 0 Å². The molecule has 1 aromatic carbocycles. The molecule has 1 aromatic heterocycles. The predicted molar refractivity (Wildman–Crippen MR) is 85.8 cm³/mol. The van der Waals surface area contributed by atoms with E-state index in [9.17, 15) is 0 Å². The van der Waals surface area contributed by atoms with Crippen LogP contribution in [0.5, 0.6) is 0 Å². The van der Waals surface area contributed by atoms with Gasteiger partial charge in [-0.2, -0.15) is 0 Å². The molecule has 2 aromatic rings. The number of unbranched alkanes of at least 4 members (excludes halogenated alkanes) is 1. The standard InChI is InChI=1S/C15H19N3S/c1-3-4-9-18(2)14-11-7-5-6-8-13(11)17-10-12(14)15(16)19/h5-8,10H,3-4,9H2,1-2H3,(H2,16,19). The summed E-state index contributed by atoms with van der Waals surface area (Å²) < 4.78 is 0. The lowest BCUT2D eigenvalue weighted by Crippen LogP contribution is -2.23. The summed E-state index contributed by atoms with van der Waals surface area (Å²) in [5, 5.41) is 1.10. The van der Waals surface area contributed by atoms with Gasteiger partial charge in [0.1, 0.15) is 4.99 Å². The highest BCUT2D eigenvalue weighted by molar-refractivity contribution is 7.80. The first-order valence-corrected chi connectivity index (χ1v) is 6.94. The van der Waals surface area contributed by atoms with Crippen molar-refractivity contribution in [2.75, 3.05) is 18.5 Å². The number of fused-ring (bicyclic) bond motifs is 1. The average Bonchev–Trinajstić information content (AvgIpc) is 2.43. The largest absolute Gasteiger partial charge is 0.389 e. The van der Waals surface area contributed by atoms with Gasteiger partial charge < -0.3 is 10.6 Å². The van der Waals surface area contributed by atoms with Gasteiger partial charge in [0.25, 0.3) is 0 Å². The number of hydrogen-bond donors (Lipinski definition) is 1. The Morgan fingerprint density at radius 1 is 1.37 bits per heavy atom. The van der Waals surface area contributed by atoms with Crippen LogP contribution in [0.2, 0.25) is 0 Å². The third-order valence-electron chi connectivity index (χ3n) is 3.24. The van der Waals surface area contributed by atoms with Crippen LogP contribution < -0.4 is 10.6 Å². The van der Waals surface area contributed by atoms with E-state index in [1.165, 1.54) is 0 Å². The predicted octanol–water partition coefficient (Wildman–Crippen LogP) is 3.11. The van der Waals surface area contributed by atoms with Gasteiger partial charge in [-0.25, -0.2) is 0 Å². The summed E-state index contributed by atoms with van der Waals surface area (Å²) >= 11 is 5.16. The second kappa shape index (κ2) is 5.97. The van der Waals surface area contributed by atoms with Crippen LogP contribution in [-0.2, 0) is 0 Å². The maximum absolute atomic E-state index is 5.84. The highest BCUT2D eigenvalue weighted by atomic mass is 32.1. The third-order valence-corrected chi connectivity index (χ3v) is 3.46. The van der Waals surface area contributed by atoms with Crippen LogP contribution in [0.25, 0.3) is 10.9 Å². The Bertz CT molecular complexity index is 595. The molecule has 0 saturated heterocycles. The molecule has 3 nitrogen and oxygen atoms in total. The molecule has 4 heteroatoms. The number of hydrogen-bond acceptors (Lipinski definition) is 3. The number of nitrogens with two attached hydrogens (primary N) is 1. The van der Waals surface area contributed by atoms with Crippen molar-refractivity contribution < 1.29 is 0 Å². The van der Waals surface area contributed by atoms with Crippen molar-refractivity contribution in [2.24, 2.45) is 5.73 Å². The molecular weight excluding hydrogens is 254 g/mol. The number of benzene rings is 1. The number of rotatable bonds is 5. The van der Waals surface area contributed by atoms with Crippen molar-refractivity contribution in [3.63, 3.8) is 0 Å². The summed E-state index contributed by atoms with van der Waals surface area (Å²) in [7, 11) is 2.08. The zero-order valence-electron chi connectivity index (χ0n) is 11.4. The Morgan fingerprint density at radius 3 is 2.79 bits per heavy atom. The smallest absolute Gasteiger partial charge is 0.107 e. The average molecular weight is 273 g/mol. The van der Waals surface area contributed by atoms with Crippen molar-refractivity contribution in [3.05, 3.63) is 36.0 Å². The van der Waals surface area contributed by atoms with Gasteiger partial charge in [0.2, 0.25) is 0 Å². The fraction of sp³-hybridized carbons (Fsp3) is 0.333. The topological polar surface area (TPSA) is 42.1 Å². The van der Waals surface area contributed by atoms with Crippen LogP contribution in [0.4, 0.5) is 5.69 Å². The van der Waals surface area contributed by atoms with Crippen LogP contribution >= 0.6 is 12.2 Å². The van der Waals surface area contributed by atoms with E-state index in [-0.39, 0.29) is 0 Å². The molecule has 0 fully saturated rings. The molecule has 1 heterocycles. The third kappa shape index (κ3) is 2.84. The number of anilines is 1. The Morgan fingerprint density at radius 2 is 2.11 bits per heavy atom. The van der Waals surface area contributed by atoms with Crippen LogP contribution in [0.1, 0.15) is 25.3 Å². The first-order valence-electron chi connectivity index (χ1n) is 6.53. The normalized spacial score (nSPS) is 10.6. The summed E-state index contributed by atoms with van der Waals surface area (Å²) in [6, 6.07) is 8.09. The van der Waals surface area contributed by atoms with E-state index in [2.05, 4.69) is 29.9 Å². The molecule has 0 aliphatic heterocycles. The molecule has 0 unspecified atom stereocenters. The first kappa shape index (κ1) is 13.7. The van der Waals surface area contributed by atoms with E-state index in [0.29, 0.717) is 4.99 Å². The fourth-order valence-electron chi connectivity index (χ4n) is 2.23. The zero-order chi connectivity index (χ0) is 13.8. The van der Waals surface area contributed by atoms with Crippen LogP contribution in [-0.4, -0.2) is 23.6 Å². The number of thiocarbonyl (C=S) groups is 1. The van der Waals surface area contributed by atoms with Crippen LogP contribution in [0, 0.1) is 0 Å². The summed E-state index contributed by atoms with van der Waals surface area (Å²) in [6.45, 7) is 3.17. The second-order valence-corrected chi connectivity index (χ2v) is 5.12. The number of para-hydroxylation sites is 1. The van der Waals surface area contributed by atoms with Gasteiger partial charge in [0.15, 0.2) is 0 Å². The van der Waals surface area contributed by atoms with Gasteiger partial charge in [-0.05, 0) is 12.5 Å². The molecule has 100 valence electrons. The molecule has 0 amide bonds. The Balaban J connectivity index is 2.58. The number of pyridine rings is 1. The Labute approximate surface area is 119 Å². The summed E-state index contributed by atoms with van der Waals surface area (Å²) in [5.74, 6) is 0. The summed E-state index contributed by atoms with van der Waals surface area (Å²) in [5.41, 5.74) is 8.75. The van der Waals surface area contributed by atoms with Crippen molar-refractivity contribution in [1.82, 2.24) is 4.98 Å². The lowest BCUT2D eigenvalue weighted by atomic mass is 10.1. The SMILES string of the molecule is CCCCN(C)c1c(C(N)=S)cnc2ccccc12. The first-order chi connectivity index (χ1) is 9.15. The van der Waals surface area contributed by atoms with Gasteiger partial charge in [0.05, 0.1) is 16.8 Å². The van der Waals surface area contributed by atoms with E-state index in [0.717, 1.165) is 41.5 Å². The van der Waals surface area contributed by atoms with E-state index in [1.807, 2.05) is 18.2 Å². The van der Waals surface area contributed by atoms with Crippen LogP contribution in [0.3, 0.4) is 0 Å². The minimum Gasteiger partial charge on any atom is -0.389 e. The molecule has 2 rings (SSSR count). The summed E-state index contributed by atoms with van der Waals surface area (Å²) in [6.07, 6.45) is 4.09. The minimum absolute atomic E-state index is 0.400. The highest BCUT2D eigenvalue weighted by Gasteiger charge is 2.14. The molecule has 0 radical (unpaired) electrons. The van der Waals surface area contributed by atoms with Gasteiger partial charge in [0, 0.05) is 25.2 Å². The quantitative estimate of drug-likeness (QED) is 0.850. The minimum atomic E-state index is 0.400. The van der Waals surface area contributed by atoms with Crippen molar-refractivity contribution in [3.8, 4) is 0 Å². The van der Waals surface area contributed by atoms with E-state index < -0.39 is 0 Å². The Kier molecular flexibility index (Phi) is 4.32. The van der Waals surface area contributed by atoms with Gasteiger partial charge in [-0.3, -0.25) is 4.98 Å². The van der Waals surface area contributed by atoms with Gasteiger partial charge in [-0.15, -0.1) is 0 Å². The second-order valence-electron chi connectivity index (χ2n) is 4.68. The number of aromatic nitrogens is 1. The lowest BCUT2D eigenvalue weighted by Gasteiger charge is -2.23. The molecule has 2 N–H and O–H groups in total. The molecule has 0 spiro atoms. The van der Waals surface area contributed by atoms with E-state index in [1.54, 1.807) is 6.20 Å². The molecule has 0 aliphatic carbocycles.